The van der Waals surface area contributed by atoms with Gasteiger partial charge in [-0.3, -0.25) is 24.6 Å². The molecule has 0 atom stereocenters. The molecule has 2 amide bonds. The minimum atomic E-state index is -0.484. The summed E-state index contributed by atoms with van der Waals surface area (Å²) in [5, 5.41) is 12.5. The first-order valence-corrected chi connectivity index (χ1v) is 9.31. The number of thioether (sulfide) groups is 1. The van der Waals surface area contributed by atoms with E-state index in [1.165, 1.54) is 17.0 Å². The van der Waals surface area contributed by atoms with Gasteiger partial charge in [0.15, 0.2) is 0 Å². The lowest BCUT2D eigenvalue weighted by molar-refractivity contribution is -0.384. The first-order valence-electron chi connectivity index (χ1n) is 8.49. The molecule has 3 aromatic rings. The molecule has 138 valence electrons. The summed E-state index contributed by atoms with van der Waals surface area (Å²) in [6.45, 7) is 0.198. The summed E-state index contributed by atoms with van der Waals surface area (Å²) in [6.07, 6.45) is 1.58. The van der Waals surface area contributed by atoms with Gasteiger partial charge in [-0.05, 0) is 51.9 Å². The Bertz CT molecular complexity index is 1130. The van der Waals surface area contributed by atoms with Crippen LogP contribution in [0.15, 0.2) is 71.6 Å². The number of non-ortho nitro benzene ring substituents is 1. The van der Waals surface area contributed by atoms with Crippen molar-refractivity contribution in [3.8, 4) is 0 Å². The lowest BCUT2D eigenvalue weighted by Crippen LogP contribution is -2.27. The second-order valence-corrected chi connectivity index (χ2v) is 7.25. The minimum absolute atomic E-state index is 0.0267. The highest BCUT2D eigenvalue weighted by Crippen LogP contribution is 2.34. The number of nitro benzene ring substituents is 1. The van der Waals surface area contributed by atoms with Gasteiger partial charge in [0.1, 0.15) is 0 Å². The van der Waals surface area contributed by atoms with Gasteiger partial charge < -0.3 is 0 Å². The molecule has 1 heterocycles. The van der Waals surface area contributed by atoms with E-state index < -0.39 is 4.92 Å². The largest absolute Gasteiger partial charge is 0.293 e. The molecular weight excluding hydrogens is 376 g/mol. The molecule has 1 fully saturated rings. The molecule has 28 heavy (non-hydrogen) atoms. The summed E-state index contributed by atoms with van der Waals surface area (Å²) < 4.78 is 0. The van der Waals surface area contributed by atoms with E-state index in [4.69, 9.17) is 0 Å². The average Bonchev–Trinajstić information content (AvgIpc) is 2.96. The quantitative estimate of drug-likeness (QED) is 0.356. The molecular formula is C21H14N2O4S. The molecule has 0 saturated carbocycles. The van der Waals surface area contributed by atoms with Gasteiger partial charge in [0.25, 0.3) is 16.8 Å². The molecule has 0 bridgehead atoms. The Morgan fingerprint density at radius 1 is 0.964 bits per heavy atom. The number of carbonyl (C=O) groups excluding carboxylic acids is 2. The molecule has 0 aliphatic carbocycles. The first-order chi connectivity index (χ1) is 13.5. The zero-order valence-electron chi connectivity index (χ0n) is 14.6. The summed E-state index contributed by atoms with van der Waals surface area (Å²) in [5.41, 5.74) is 1.50. The van der Waals surface area contributed by atoms with Crippen molar-refractivity contribution >= 4 is 45.4 Å². The smallest absolute Gasteiger partial charge is 0.268 e. The second kappa shape index (κ2) is 7.28. The van der Waals surface area contributed by atoms with Crippen LogP contribution in [0.1, 0.15) is 11.1 Å². The molecule has 0 aromatic heterocycles. The Hall–Kier alpha value is -3.45. The predicted octanol–water partition coefficient (Wildman–Crippen LogP) is 4.98. The van der Waals surface area contributed by atoms with Crippen molar-refractivity contribution in [1.82, 2.24) is 4.90 Å². The summed E-state index contributed by atoms with van der Waals surface area (Å²) >= 11 is 0.876. The number of hydrogen-bond acceptors (Lipinski definition) is 5. The monoisotopic (exact) mass is 390 g/mol. The summed E-state index contributed by atoms with van der Waals surface area (Å²) in [5.74, 6) is -0.360. The van der Waals surface area contributed by atoms with Crippen molar-refractivity contribution in [1.29, 1.82) is 0 Å². The number of nitro groups is 1. The fourth-order valence-electron chi connectivity index (χ4n) is 3.08. The molecule has 0 spiro atoms. The number of imide groups is 1. The zero-order chi connectivity index (χ0) is 19.7. The Balaban J connectivity index is 1.59. The van der Waals surface area contributed by atoms with Crippen molar-refractivity contribution in [3.63, 3.8) is 0 Å². The summed E-state index contributed by atoms with van der Waals surface area (Å²) in [6, 6.07) is 19.5. The fraction of sp³-hybridized carbons (Fsp3) is 0.0476. The second-order valence-electron chi connectivity index (χ2n) is 6.25. The number of amides is 2. The van der Waals surface area contributed by atoms with Gasteiger partial charge in [-0.1, -0.05) is 42.5 Å². The van der Waals surface area contributed by atoms with E-state index in [2.05, 4.69) is 0 Å². The zero-order valence-corrected chi connectivity index (χ0v) is 15.4. The maximum atomic E-state index is 12.7. The van der Waals surface area contributed by atoms with Crippen LogP contribution < -0.4 is 0 Å². The third-order valence-electron chi connectivity index (χ3n) is 4.48. The number of nitrogens with zero attached hydrogens (tertiary/aromatic N) is 2. The Morgan fingerprint density at radius 2 is 1.68 bits per heavy atom. The SMILES string of the molecule is O=C1S/C(=C\c2ccc([N+](=O)[O-])cc2)C(=O)N1Cc1cccc2ccccc12. The molecule has 1 saturated heterocycles. The van der Waals surface area contributed by atoms with Crippen LogP contribution in [0.3, 0.4) is 0 Å². The Morgan fingerprint density at radius 3 is 2.43 bits per heavy atom. The molecule has 0 N–H and O–H groups in total. The molecule has 7 heteroatoms. The Kier molecular flexibility index (Phi) is 4.67. The van der Waals surface area contributed by atoms with E-state index in [1.807, 2.05) is 42.5 Å². The number of carbonyl (C=O) groups is 2. The van der Waals surface area contributed by atoms with Crippen LogP contribution >= 0.6 is 11.8 Å². The number of hydrogen-bond donors (Lipinski definition) is 0. The molecule has 0 radical (unpaired) electrons. The normalized spacial score (nSPS) is 15.6. The van der Waals surface area contributed by atoms with E-state index >= 15 is 0 Å². The van der Waals surface area contributed by atoms with Gasteiger partial charge in [0, 0.05) is 12.1 Å². The maximum Gasteiger partial charge on any atom is 0.293 e. The minimum Gasteiger partial charge on any atom is -0.268 e. The number of benzene rings is 3. The highest BCUT2D eigenvalue weighted by molar-refractivity contribution is 8.18. The third kappa shape index (κ3) is 3.39. The van der Waals surface area contributed by atoms with Gasteiger partial charge in [0.05, 0.1) is 16.4 Å². The van der Waals surface area contributed by atoms with Crippen LogP contribution in [0.5, 0.6) is 0 Å². The van der Waals surface area contributed by atoms with Crippen LogP contribution in [0.2, 0.25) is 0 Å². The van der Waals surface area contributed by atoms with Crippen LogP contribution in [-0.2, 0) is 11.3 Å². The summed E-state index contributed by atoms with van der Waals surface area (Å²) in [7, 11) is 0. The number of fused-ring (bicyclic) bond motifs is 1. The standard InChI is InChI=1S/C21H14N2O4S/c24-20-19(12-14-8-10-17(11-9-14)23(26)27)28-21(25)22(20)13-16-6-3-5-15-4-1-2-7-18(15)16/h1-12H,13H2/b19-12-. The fourth-order valence-corrected chi connectivity index (χ4v) is 3.92. The van der Waals surface area contributed by atoms with Crippen molar-refractivity contribution in [2.75, 3.05) is 0 Å². The van der Waals surface area contributed by atoms with Crippen LogP contribution in [0, 0.1) is 10.1 Å². The van der Waals surface area contributed by atoms with Gasteiger partial charge >= 0.3 is 0 Å². The van der Waals surface area contributed by atoms with Gasteiger partial charge in [-0.2, -0.15) is 0 Å². The van der Waals surface area contributed by atoms with Crippen LogP contribution in [0.25, 0.3) is 16.8 Å². The first kappa shape index (κ1) is 17.9. The lowest BCUT2D eigenvalue weighted by atomic mass is 10.0. The van der Waals surface area contributed by atoms with Crippen molar-refractivity contribution in [2.24, 2.45) is 0 Å². The molecule has 3 aromatic carbocycles. The van der Waals surface area contributed by atoms with Gasteiger partial charge in [-0.15, -0.1) is 0 Å². The highest BCUT2D eigenvalue weighted by atomic mass is 32.2. The molecule has 1 aliphatic heterocycles. The lowest BCUT2D eigenvalue weighted by Gasteiger charge is -2.14. The summed E-state index contributed by atoms with van der Waals surface area (Å²) in [4.78, 5) is 36.9. The van der Waals surface area contributed by atoms with E-state index in [-0.39, 0.29) is 23.4 Å². The van der Waals surface area contributed by atoms with Crippen molar-refractivity contribution < 1.29 is 14.5 Å². The molecule has 6 nitrogen and oxygen atoms in total. The van der Waals surface area contributed by atoms with E-state index in [1.54, 1.807) is 18.2 Å². The average molecular weight is 390 g/mol. The molecule has 4 rings (SSSR count). The number of rotatable bonds is 4. The van der Waals surface area contributed by atoms with Gasteiger partial charge in [0.2, 0.25) is 0 Å². The molecule has 0 unspecified atom stereocenters. The highest BCUT2D eigenvalue weighted by Gasteiger charge is 2.35. The van der Waals surface area contributed by atoms with Crippen LogP contribution in [0.4, 0.5) is 10.5 Å². The van der Waals surface area contributed by atoms with E-state index in [0.29, 0.717) is 10.5 Å². The van der Waals surface area contributed by atoms with Crippen molar-refractivity contribution in [3.05, 3.63) is 92.9 Å². The maximum absolute atomic E-state index is 12.7. The van der Waals surface area contributed by atoms with Crippen LogP contribution in [-0.4, -0.2) is 21.0 Å². The van der Waals surface area contributed by atoms with E-state index in [0.717, 1.165) is 28.1 Å². The molecule has 1 aliphatic rings. The Labute approximate surface area is 164 Å². The third-order valence-corrected chi connectivity index (χ3v) is 5.39. The predicted molar refractivity (Wildman–Crippen MR) is 109 cm³/mol. The van der Waals surface area contributed by atoms with Gasteiger partial charge in [-0.25, -0.2) is 0 Å². The van der Waals surface area contributed by atoms with E-state index in [9.17, 15) is 19.7 Å². The topological polar surface area (TPSA) is 80.5 Å². The van der Waals surface area contributed by atoms with Crippen molar-refractivity contribution in [2.45, 2.75) is 6.54 Å².